The Morgan fingerprint density at radius 2 is 2.24 bits per heavy atom. The van der Waals surface area contributed by atoms with Crippen molar-refractivity contribution in [3.8, 4) is 0 Å². The van der Waals surface area contributed by atoms with Gasteiger partial charge in [-0.05, 0) is 12.8 Å². The summed E-state index contributed by atoms with van der Waals surface area (Å²) < 4.78 is 1.47. The molecule has 1 saturated heterocycles. The Balaban J connectivity index is 2.25. The monoisotopic (exact) mass is 237 g/mol. The first-order chi connectivity index (χ1) is 8.00. The highest BCUT2D eigenvalue weighted by atomic mass is 16.2. The van der Waals surface area contributed by atoms with Gasteiger partial charge in [0.1, 0.15) is 6.04 Å². The molecule has 1 aliphatic rings. The van der Waals surface area contributed by atoms with E-state index >= 15 is 0 Å². The minimum atomic E-state index is -0.538. The van der Waals surface area contributed by atoms with E-state index in [0.29, 0.717) is 18.7 Å². The molecule has 7 nitrogen and oxygen atoms in total. The topological polar surface area (TPSA) is 107 Å². The van der Waals surface area contributed by atoms with E-state index in [-0.39, 0.29) is 11.6 Å². The summed E-state index contributed by atoms with van der Waals surface area (Å²) in [5.41, 5.74) is 11.4. The number of anilines is 1. The normalized spacial score (nSPS) is 19.6. The number of carbonyl (C=O) groups is 2. The van der Waals surface area contributed by atoms with Gasteiger partial charge in [-0.25, -0.2) is 0 Å². The van der Waals surface area contributed by atoms with Gasteiger partial charge in [0.2, 0.25) is 5.91 Å². The number of hydrogen-bond donors (Lipinski definition) is 2. The van der Waals surface area contributed by atoms with Crippen molar-refractivity contribution in [1.82, 2.24) is 14.7 Å². The van der Waals surface area contributed by atoms with Gasteiger partial charge in [0, 0.05) is 19.8 Å². The van der Waals surface area contributed by atoms with E-state index in [9.17, 15) is 9.59 Å². The van der Waals surface area contributed by atoms with Gasteiger partial charge in [0.05, 0.1) is 5.69 Å². The van der Waals surface area contributed by atoms with Gasteiger partial charge in [0.15, 0.2) is 5.69 Å². The smallest absolute Gasteiger partial charge is 0.277 e. The number of hydrogen-bond acceptors (Lipinski definition) is 4. The number of nitrogens with two attached hydrogens (primary N) is 2. The summed E-state index contributed by atoms with van der Waals surface area (Å²) in [6, 6.07) is -0.538. The fourth-order valence-corrected chi connectivity index (χ4v) is 2.11. The lowest BCUT2D eigenvalue weighted by Crippen LogP contribution is -2.44. The van der Waals surface area contributed by atoms with Crippen molar-refractivity contribution in [3.63, 3.8) is 0 Å². The summed E-state index contributed by atoms with van der Waals surface area (Å²) in [5.74, 6) is -0.810. The van der Waals surface area contributed by atoms with E-state index in [1.54, 1.807) is 13.2 Å². The van der Waals surface area contributed by atoms with Crippen LogP contribution in [0.25, 0.3) is 0 Å². The van der Waals surface area contributed by atoms with Crippen molar-refractivity contribution >= 4 is 17.5 Å². The Morgan fingerprint density at radius 1 is 1.53 bits per heavy atom. The Morgan fingerprint density at radius 3 is 2.76 bits per heavy atom. The third-order valence-electron chi connectivity index (χ3n) is 2.90. The molecule has 0 aliphatic carbocycles. The molecule has 2 heterocycles. The van der Waals surface area contributed by atoms with Crippen LogP contribution in [0, 0.1) is 0 Å². The number of amides is 2. The van der Waals surface area contributed by atoms with Crippen LogP contribution in [0.4, 0.5) is 5.69 Å². The third-order valence-corrected chi connectivity index (χ3v) is 2.90. The summed E-state index contributed by atoms with van der Waals surface area (Å²) in [4.78, 5) is 24.8. The Hall–Kier alpha value is -2.05. The number of likely N-dealkylation sites (tertiary alicyclic amines) is 1. The molecule has 0 aromatic carbocycles. The van der Waals surface area contributed by atoms with Crippen LogP contribution in [0.5, 0.6) is 0 Å². The maximum absolute atomic E-state index is 12.2. The van der Waals surface area contributed by atoms with Crippen LogP contribution in [-0.2, 0) is 11.8 Å². The minimum absolute atomic E-state index is 0.181. The van der Waals surface area contributed by atoms with Crippen molar-refractivity contribution in [2.45, 2.75) is 18.9 Å². The molecule has 2 rings (SSSR count). The van der Waals surface area contributed by atoms with Crippen molar-refractivity contribution in [2.75, 3.05) is 12.3 Å². The molecule has 1 aromatic heterocycles. The molecule has 0 radical (unpaired) electrons. The minimum Gasteiger partial charge on any atom is -0.396 e. The molecule has 2 amide bonds. The van der Waals surface area contributed by atoms with Crippen LogP contribution in [0.3, 0.4) is 0 Å². The SMILES string of the molecule is Cn1cc(N)c(C(=O)N2CCCC2C(N)=O)n1. The van der Waals surface area contributed by atoms with Gasteiger partial charge in [-0.15, -0.1) is 0 Å². The number of carbonyl (C=O) groups excluding carboxylic acids is 2. The standard InChI is InChI=1S/C10H15N5O2/c1-14-5-6(11)8(13-14)10(17)15-4-2-3-7(15)9(12)16/h5,7H,2-4,11H2,1H3,(H2,12,16). The number of aryl methyl sites for hydroxylation is 1. The molecule has 4 N–H and O–H groups in total. The van der Waals surface area contributed by atoms with E-state index in [1.165, 1.54) is 9.58 Å². The van der Waals surface area contributed by atoms with Crippen LogP contribution in [0.1, 0.15) is 23.3 Å². The Kier molecular flexibility index (Phi) is 2.74. The summed E-state index contributed by atoms with van der Waals surface area (Å²) >= 11 is 0. The highest BCUT2D eigenvalue weighted by molar-refractivity contribution is 5.99. The second-order valence-corrected chi connectivity index (χ2v) is 4.17. The Bertz CT molecular complexity index is 467. The highest BCUT2D eigenvalue weighted by Crippen LogP contribution is 2.21. The summed E-state index contributed by atoms with van der Waals surface area (Å²) in [5, 5.41) is 4.00. The van der Waals surface area contributed by atoms with Crippen LogP contribution in [-0.4, -0.2) is 39.1 Å². The number of rotatable bonds is 2. The lowest BCUT2D eigenvalue weighted by atomic mass is 10.2. The molecule has 0 saturated carbocycles. The predicted octanol–water partition coefficient (Wildman–Crippen LogP) is -0.908. The van der Waals surface area contributed by atoms with E-state index in [0.717, 1.165) is 6.42 Å². The number of nitrogens with zero attached hydrogens (tertiary/aromatic N) is 3. The van der Waals surface area contributed by atoms with Crippen molar-refractivity contribution in [2.24, 2.45) is 12.8 Å². The second-order valence-electron chi connectivity index (χ2n) is 4.17. The van der Waals surface area contributed by atoms with Crippen molar-refractivity contribution in [3.05, 3.63) is 11.9 Å². The lowest BCUT2D eigenvalue weighted by molar-refractivity contribution is -0.121. The second kappa shape index (κ2) is 4.08. The zero-order chi connectivity index (χ0) is 12.6. The van der Waals surface area contributed by atoms with E-state index in [1.807, 2.05) is 0 Å². The molecule has 1 aliphatic heterocycles. The Labute approximate surface area is 98.4 Å². The zero-order valence-electron chi connectivity index (χ0n) is 9.59. The molecule has 17 heavy (non-hydrogen) atoms. The van der Waals surface area contributed by atoms with Gasteiger partial charge in [-0.2, -0.15) is 5.10 Å². The van der Waals surface area contributed by atoms with E-state index in [4.69, 9.17) is 11.5 Å². The maximum Gasteiger partial charge on any atom is 0.277 e. The van der Waals surface area contributed by atoms with Crippen molar-refractivity contribution < 1.29 is 9.59 Å². The molecular formula is C10H15N5O2. The fourth-order valence-electron chi connectivity index (χ4n) is 2.11. The molecule has 1 fully saturated rings. The van der Waals surface area contributed by atoms with Gasteiger partial charge in [-0.1, -0.05) is 0 Å². The largest absolute Gasteiger partial charge is 0.396 e. The lowest BCUT2D eigenvalue weighted by Gasteiger charge is -2.21. The molecule has 0 bridgehead atoms. The number of primary amides is 1. The first-order valence-electron chi connectivity index (χ1n) is 5.40. The molecule has 1 atom stereocenters. The highest BCUT2D eigenvalue weighted by Gasteiger charge is 2.34. The van der Waals surface area contributed by atoms with Gasteiger partial charge in [-0.3, -0.25) is 14.3 Å². The van der Waals surface area contributed by atoms with Crippen molar-refractivity contribution in [1.29, 1.82) is 0 Å². The molecule has 92 valence electrons. The van der Waals surface area contributed by atoms with Crippen LogP contribution < -0.4 is 11.5 Å². The average molecular weight is 237 g/mol. The van der Waals surface area contributed by atoms with Gasteiger partial charge in [0.25, 0.3) is 5.91 Å². The summed E-state index contributed by atoms with van der Waals surface area (Å²) in [7, 11) is 1.68. The predicted molar refractivity (Wildman–Crippen MR) is 60.9 cm³/mol. The number of nitrogen functional groups attached to an aromatic ring is 1. The van der Waals surface area contributed by atoms with Crippen LogP contribution >= 0.6 is 0 Å². The first-order valence-corrected chi connectivity index (χ1v) is 5.40. The molecule has 7 heteroatoms. The fraction of sp³-hybridized carbons (Fsp3) is 0.500. The van der Waals surface area contributed by atoms with Gasteiger partial charge >= 0.3 is 0 Å². The number of aromatic nitrogens is 2. The average Bonchev–Trinajstić information content (AvgIpc) is 2.83. The molecule has 1 unspecified atom stereocenters. The molecular weight excluding hydrogens is 222 g/mol. The third kappa shape index (κ3) is 1.95. The van der Waals surface area contributed by atoms with E-state index < -0.39 is 11.9 Å². The molecule has 0 spiro atoms. The zero-order valence-corrected chi connectivity index (χ0v) is 9.59. The summed E-state index contributed by atoms with van der Waals surface area (Å²) in [6.45, 7) is 0.516. The van der Waals surface area contributed by atoms with Gasteiger partial charge < -0.3 is 16.4 Å². The first kappa shape index (κ1) is 11.4. The van der Waals surface area contributed by atoms with Crippen LogP contribution in [0.2, 0.25) is 0 Å². The maximum atomic E-state index is 12.2. The summed E-state index contributed by atoms with van der Waals surface area (Å²) in [6.07, 6.45) is 2.93. The molecule has 1 aromatic rings. The van der Waals surface area contributed by atoms with Crippen LogP contribution in [0.15, 0.2) is 6.20 Å². The quantitative estimate of drug-likeness (QED) is 0.694. The van der Waals surface area contributed by atoms with E-state index in [2.05, 4.69) is 5.10 Å².